The number of hydrogen-bond acceptors (Lipinski definition) is 2. The van der Waals surface area contributed by atoms with Gasteiger partial charge in [-0.2, -0.15) is 0 Å². The number of hydrogen-bond donors (Lipinski definition) is 1. The Bertz CT molecular complexity index is 368. The smallest absolute Gasteiger partial charge is 0.127 e. The van der Waals surface area contributed by atoms with Gasteiger partial charge in [-0.3, -0.25) is 4.90 Å². The van der Waals surface area contributed by atoms with E-state index in [1.807, 2.05) is 7.05 Å². The summed E-state index contributed by atoms with van der Waals surface area (Å²) in [7, 11) is 1.96. The first-order valence-corrected chi connectivity index (χ1v) is 6.17. The van der Waals surface area contributed by atoms with Crippen molar-refractivity contribution in [2.24, 2.45) is 11.7 Å². The third kappa shape index (κ3) is 3.95. The van der Waals surface area contributed by atoms with E-state index in [0.717, 1.165) is 0 Å². The lowest BCUT2D eigenvalue weighted by molar-refractivity contribution is 0.188. The molecule has 0 aromatic heterocycles. The Morgan fingerprint density at radius 1 is 1.41 bits per heavy atom. The van der Waals surface area contributed by atoms with Gasteiger partial charge in [-0.15, -0.1) is 0 Å². The van der Waals surface area contributed by atoms with Crippen molar-refractivity contribution in [3.05, 3.63) is 34.6 Å². The van der Waals surface area contributed by atoms with Gasteiger partial charge in [0.2, 0.25) is 0 Å². The van der Waals surface area contributed by atoms with Crippen molar-refractivity contribution in [1.82, 2.24) is 4.90 Å². The molecule has 2 nitrogen and oxygen atoms in total. The zero-order chi connectivity index (χ0) is 13.0. The second-order valence-corrected chi connectivity index (χ2v) is 5.13. The van der Waals surface area contributed by atoms with E-state index in [1.54, 1.807) is 12.1 Å². The molecule has 0 heterocycles. The van der Waals surface area contributed by atoms with Crippen molar-refractivity contribution < 1.29 is 4.39 Å². The standard InChI is InChI=1S/C13H20ClFN2/c1-9(2)13(7-16)17(3)8-10-6-11(14)4-5-12(10)15/h4-6,9,13H,7-8,16H2,1-3H3. The van der Waals surface area contributed by atoms with Crippen molar-refractivity contribution >= 4 is 11.6 Å². The molecule has 0 aliphatic carbocycles. The zero-order valence-electron chi connectivity index (χ0n) is 10.6. The van der Waals surface area contributed by atoms with Crippen LogP contribution in [0.25, 0.3) is 0 Å². The van der Waals surface area contributed by atoms with Crippen LogP contribution in [0.3, 0.4) is 0 Å². The number of rotatable bonds is 5. The van der Waals surface area contributed by atoms with Crippen LogP contribution in [0.1, 0.15) is 19.4 Å². The molecule has 0 spiro atoms. The summed E-state index contributed by atoms with van der Waals surface area (Å²) in [5.41, 5.74) is 6.35. The largest absolute Gasteiger partial charge is 0.329 e. The van der Waals surface area contributed by atoms with E-state index in [9.17, 15) is 4.39 Å². The Hall–Kier alpha value is -0.640. The van der Waals surface area contributed by atoms with Crippen LogP contribution in [-0.2, 0) is 6.54 Å². The monoisotopic (exact) mass is 258 g/mol. The fraction of sp³-hybridized carbons (Fsp3) is 0.538. The predicted octanol–water partition coefficient (Wildman–Crippen LogP) is 2.89. The average molecular weight is 259 g/mol. The van der Waals surface area contributed by atoms with Gasteiger partial charge in [0.15, 0.2) is 0 Å². The van der Waals surface area contributed by atoms with Gasteiger partial charge in [-0.25, -0.2) is 4.39 Å². The van der Waals surface area contributed by atoms with Crippen molar-refractivity contribution in [3.8, 4) is 0 Å². The summed E-state index contributed by atoms with van der Waals surface area (Å²) in [5, 5.41) is 0.559. The molecular weight excluding hydrogens is 239 g/mol. The van der Waals surface area contributed by atoms with Crippen molar-refractivity contribution in [2.45, 2.75) is 26.4 Å². The molecule has 1 aromatic carbocycles. The molecule has 17 heavy (non-hydrogen) atoms. The molecule has 0 amide bonds. The molecule has 0 aliphatic rings. The van der Waals surface area contributed by atoms with Gasteiger partial charge in [0, 0.05) is 29.7 Å². The second kappa shape index (κ2) is 6.34. The summed E-state index contributed by atoms with van der Waals surface area (Å²) >= 11 is 5.87. The van der Waals surface area contributed by atoms with Gasteiger partial charge in [-0.1, -0.05) is 25.4 Å². The third-order valence-electron chi connectivity index (χ3n) is 3.00. The van der Waals surface area contributed by atoms with Crippen LogP contribution in [0.15, 0.2) is 18.2 Å². The second-order valence-electron chi connectivity index (χ2n) is 4.70. The maximum Gasteiger partial charge on any atom is 0.127 e. The van der Waals surface area contributed by atoms with Crippen molar-refractivity contribution in [2.75, 3.05) is 13.6 Å². The average Bonchev–Trinajstić information content (AvgIpc) is 2.24. The molecule has 0 bridgehead atoms. The van der Waals surface area contributed by atoms with E-state index >= 15 is 0 Å². The Kier molecular flexibility index (Phi) is 5.37. The normalized spacial score (nSPS) is 13.4. The maximum atomic E-state index is 13.6. The Morgan fingerprint density at radius 2 is 2.06 bits per heavy atom. The van der Waals surface area contributed by atoms with Crippen LogP contribution in [0.5, 0.6) is 0 Å². The number of nitrogens with zero attached hydrogens (tertiary/aromatic N) is 1. The first kappa shape index (κ1) is 14.4. The first-order chi connectivity index (χ1) is 7.95. The molecule has 0 aliphatic heterocycles. The zero-order valence-corrected chi connectivity index (χ0v) is 11.3. The third-order valence-corrected chi connectivity index (χ3v) is 3.24. The minimum absolute atomic E-state index is 0.222. The molecule has 1 rings (SSSR count). The molecule has 96 valence electrons. The van der Waals surface area contributed by atoms with Gasteiger partial charge in [0.05, 0.1) is 0 Å². The van der Waals surface area contributed by atoms with E-state index in [0.29, 0.717) is 29.6 Å². The van der Waals surface area contributed by atoms with Crippen LogP contribution in [0, 0.1) is 11.7 Å². The summed E-state index contributed by atoms with van der Waals surface area (Å²) in [4.78, 5) is 2.07. The van der Waals surface area contributed by atoms with Crippen LogP contribution < -0.4 is 5.73 Å². The fourth-order valence-electron chi connectivity index (χ4n) is 2.01. The number of likely N-dealkylation sites (N-methyl/N-ethyl adjacent to an activating group) is 1. The quantitative estimate of drug-likeness (QED) is 0.880. The van der Waals surface area contributed by atoms with Gasteiger partial charge in [-0.05, 0) is 31.2 Å². The van der Waals surface area contributed by atoms with E-state index < -0.39 is 0 Å². The first-order valence-electron chi connectivity index (χ1n) is 5.80. The molecule has 1 unspecified atom stereocenters. The SMILES string of the molecule is CC(C)C(CN)N(C)Cc1cc(Cl)ccc1F. The number of benzene rings is 1. The number of nitrogens with two attached hydrogens (primary N) is 1. The maximum absolute atomic E-state index is 13.6. The lowest BCUT2D eigenvalue weighted by atomic mass is 10.0. The fourth-order valence-corrected chi connectivity index (χ4v) is 2.21. The van der Waals surface area contributed by atoms with E-state index in [4.69, 9.17) is 17.3 Å². The lowest BCUT2D eigenvalue weighted by Crippen LogP contribution is -2.41. The molecule has 2 N–H and O–H groups in total. The summed E-state index contributed by atoms with van der Waals surface area (Å²) in [6, 6.07) is 4.87. The molecule has 0 fully saturated rings. The molecule has 0 radical (unpaired) electrons. The van der Waals surface area contributed by atoms with Gasteiger partial charge in [0.1, 0.15) is 5.82 Å². The highest BCUT2D eigenvalue weighted by Crippen LogP contribution is 2.18. The van der Waals surface area contributed by atoms with E-state index in [-0.39, 0.29) is 11.9 Å². The van der Waals surface area contributed by atoms with E-state index in [1.165, 1.54) is 6.07 Å². The number of halogens is 2. The van der Waals surface area contributed by atoms with Gasteiger partial charge < -0.3 is 5.73 Å². The Balaban J connectivity index is 2.79. The van der Waals surface area contributed by atoms with Crippen molar-refractivity contribution in [3.63, 3.8) is 0 Å². The highest BCUT2D eigenvalue weighted by molar-refractivity contribution is 6.30. The van der Waals surface area contributed by atoms with Gasteiger partial charge in [0.25, 0.3) is 0 Å². The molecule has 4 heteroatoms. The van der Waals surface area contributed by atoms with Crippen LogP contribution in [0.4, 0.5) is 4.39 Å². The molecule has 0 saturated carbocycles. The molecular formula is C13H20ClFN2. The topological polar surface area (TPSA) is 29.3 Å². The Labute approximate surface area is 108 Å². The molecule has 1 atom stereocenters. The highest BCUT2D eigenvalue weighted by Gasteiger charge is 2.18. The van der Waals surface area contributed by atoms with Crippen LogP contribution >= 0.6 is 11.6 Å². The van der Waals surface area contributed by atoms with Crippen LogP contribution in [0.2, 0.25) is 5.02 Å². The van der Waals surface area contributed by atoms with Gasteiger partial charge >= 0.3 is 0 Å². The molecule has 1 aromatic rings. The summed E-state index contributed by atoms with van der Waals surface area (Å²) in [5.74, 6) is 0.216. The summed E-state index contributed by atoms with van der Waals surface area (Å²) in [6.45, 7) is 5.31. The Morgan fingerprint density at radius 3 is 2.59 bits per heavy atom. The predicted molar refractivity (Wildman–Crippen MR) is 70.6 cm³/mol. The highest BCUT2D eigenvalue weighted by atomic mass is 35.5. The minimum atomic E-state index is -0.222. The minimum Gasteiger partial charge on any atom is -0.329 e. The van der Waals surface area contributed by atoms with E-state index in [2.05, 4.69) is 18.7 Å². The summed E-state index contributed by atoms with van der Waals surface area (Å²) < 4.78 is 13.6. The van der Waals surface area contributed by atoms with Crippen LogP contribution in [-0.4, -0.2) is 24.5 Å². The summed E-state index contributed by atoms with van der Waals surface area (Å²) in [6.07, 6.45) is 0. The molecule has 0 saturated heterocycles. The van der Waals surface area contributed by atoms with Crippen molar-refractivity contribution in [1.29, 1.82) is 0 Å². The lowest BCUT2D eigenvalue weighted by Gasteiger charge is -2.30.